The van der Waals surface area contributed by atoms with Crippen molar-refractivity contribution in [3.63, 3.8) is 0 Å². The van der Waals surface area contributed by atoms with E-state index in [0.717, 1.165) is 33.3 Å². The van der Waals surface area contributed by atoms with Crippen molar-refractivity contribution in [1.82, 2.24) is 9.88 Å². The molecule has 2 aliphatic heterocycles. The number of imide groups is 1. The second kappa shape index (κ2) is 7.75. The SMILES string of the molecule is C[C@H](C(=O)Nc1ccc2nc(N3CCOCC3)sc2c1)N1C(=O)c2ccccc2C1=O. The van der Waals surface area contributed by atoms with Gasteiger partial charge in [0.1, 0.15) is 6.04 Å². The Morgan fingerprint density at radius 2 is 1.77 bits per heavy atom. The van der Waals surface area contributed by atoms with Gasteiger partial charge in [-0.15, -0.1) is 0 Å². The van der Waals surface area contributed by atoms with Crippen molar-refractivity contribution >= 4 is 50.1 Å². The molecule has 9 heteroatoms. The van der Waals surface area contributed by atoms with Crippen LogP contribution in [0.1, 0.15) is 27.6 Å². The van der Waals surface area contributed by atoms with Gasteiger partial charge in [0.2, 0.25) is 5.91 Å². The lowest BCUT2D eigenvalue weighted by Crippen LogP contribution is -2.45. The van der Waals surface area contributed by atoms with E-state index in [9.17, 15) is 14.4 Å². The van der Waals surface area contributed by atoms with Crippen molar-refractivity contribution in [3.05, 3.63) is 53.6 Å². The fraction of sp³-hybridized carbons (Fsp3) is 0.273. The summed E-state index contributed by atoms with van der Waals surface area (Å²) >= 11 is 1.56. The minimum atomic E-state index is -0.937. The highest BCUT2D eigenvalue weighted by molar-refractivity contribution is 7.22. The van der Waals surface area contributed by atoms with E-state index >= 15 is 0 Å². The van der Waals surface area contributed by atoms with Crippen LogP contribution in [0.25, 0.3) is 10.2 Å². The quantitative estimate of drug-likeness (QED) is 0.633. The van der Waals surface area contributed by atoms with Gasteiger partial charge in [-0.25, -0.2) is 4.98 Å². The standard InChI is InChI=1S/C22H20N4O4S/c1-13(26-20(28)15-4-2-3-5-16(15)21(26)29)19(27)23-14-6-7-17-18(12-14)31-22(24-17)25-8-10-30-11-9-25/h2-7,12-13H,8-11H2,1H3,(H,23,27)/t13-/m1/s1. The smallest absolute Gasteiger partial charge is 0.262 e. The number of morpholine rings is 1. The summed E-state index contributed by atoms with van der Waals surface area (Å²) in [5.41, 5.74) is 2.11. The monoisotopic (exact) mass is 436 g/mol. The number of amides is 3. The number of fused-ring (bicyclic) bond motifs is 2. The molecule has 1 saturated heterocycles. The second-order valence-electron chi connectivity index (χ2n) is 7.47. The van der Waals surface area contributed by atoms with Crippen molar-refractivity contribution in [2.75, 3.05) is 36.5 Å². The van der Waals surface area contributed by atoms with E-state index < -0.39 is 23.8 Å². The average Bonchev–Trinajstić information content (AvgIpc) is 3.33. The summed E-state index contributed by atoms with van der Waals surface area (Å²) in [7, 11) is 0. The molecule has 1 fully saturated rings. The van der Waals surface area contributed by atoms with Crippen molar-refractivity contribution in [3.8, 4) is 0 Å². The molecular formula is C22H20N4O4S. The maximum absolute atomic E-state index is 12.8. The van der Waals surface area contributed by atoms with E-state index in [0.29, 0.717) is 30.0 Å². The summed E-state index contributed by atoms with van der Waals surface area (Å²) in [6.07, 6.45) is 0. The van der Waals surface area contributed by atoms with E-state index in [1.807, 2.05) is 12.1 Å². The van der Waals surface area contributed by atoms with Crippen LogP contribution in [0.3, 0.4) is 0 Å². The maximum atomic E-state index is 12.8. The molecule has 158 valence electrons. The number of hydrogen-bond acceptors (Lipinski definition) is 7. The average molecular weight is 436 g/mol. The van der Waals surface area contributed by atoms with Crippen molar-refractivity contribution in [2.24, 2.45) is 0 Å². The van der Waals surface area contributed by atoms with E-state index in [1.54, 1.807) is 48.6 Å². The van der Waals surface area contributed by atoms with Crippen LogP contribution in [0, 0.1) is 0 Å². The molecule has 0 spiro atoms. The Labute approximate surface area is 182 Å². The van der Waals surface area contributed by atoms with Gasteiger partial charge >= 0.3 is 0 Å². The van der Waals surface area contributed by atoms with Crippen LogP contribution in [0.15, 0.2) is 42.5 Å². The number of ether oxygens (including phenoxy) is 1. The van der Waals surface area contributed by atoms with Crippen LogP contribution in [-0.4, -0.2) is 60.0 Å². The molecule has 8 nitrogen and oxygen atoms in total. The Morgan fingerprint density at radius 1 is 1.10 bits per heavy atom. The summed E-state index contributed by atoms with van der Waals surface area (Å²) in [6.45, 7) is 4.54. The molecule has 0 unspecified atom stereocenters. The number of benzene rings is 2. The Kier molecular flexibility index (Phi) is 4.91. The number of anilines is 2. The van der Waals surface area contributed by atoms with Crippen molar-refractivity contribution in [1.29, 1.82) is 0 Å². The fourth-order valence-electron chi connectivity index (χ4n) is 3.80. The number of hydrogen-bond donors (Lipinski definition) is 1. The number of nitrogens with zero attached hydrogens (tertiary/aromatic N) is 3. The van der Waals surface area contributed by atoms with Gasteiger partial charge in [-0.1, -0.05) is 23.5 Å². The first-order valence-electron chi connectivity index (χ1n) is 10.0. The minimum Gasteiger partial charge on any atom is -0.378 e. The third kappa shape index (κ3) is 3.45. The molecule has 5 rings (SSSR count). The second-order valence-corrected chi connectivity index (χ2v) is 8.48. The normalized spacial score (nSPS) is 17.2. The zero-order valence-corrected chi connectivity index (χ0v) is 17.6. The van der Waals surface area contributed by atoms with Gasteiger partial charge in [0, 0.05) is 18.8 Å². The zero-order valence-electron chi connectivity index (χ0n) is 16.8. The Hall–Kier alpha value is -3.30. The Bertz CT molecular complexity index is 1170. The summed E-state index contributed by atoms with van der Waals surface area (Å²) in [5, 5.41) is 3.76. The predicted molar refractivity (Wildman–Crippen MR) is 118 cm³/mol. The molecule has 31 heavy (non-hydrogen) atoms. The summed E-state index contributed by atoms with van der Waals surface area (Å²) in [5.74, 6) is -1.32. The first-order valence-corrected chi connectivity index (χ1v) is 10.9. The van der Waals surface area contributed by atoms with Gasteiger partial charge in [-0.3, -0.25) is 19.3 Å². The van der Waals surface area contributed by atoms with Gasteiger partial charge < -0.3 is 15.0 Å². The largest absolute Gasteiger partial charge is 0.378 e. The van der Waals surface area contributed by atoms with Crippen LogP contribution < -0.4 is 10.2 Å². The van der Waals surface area contributed by atoms with Crippen molar-refractivity contribution in [2.45, 2.75) is 13.0 Å². The third-order valence-electron chi connectivity index (χ3n) is 5.52. The highest BCUT2D eigenvalue weighted by Crippen LogP contribution is 2.31. The first kappa shape index (κ1) is 19.7. The number of thiazole rings is 1. The molecule has 3 aromatic rings. The lowest BCUT2D eigenvalue weighted by molar-refractivity contribution is -0.119. The van der Waals surface area contributed by atoms with Crippen LogP contribution in [0.2, 0.25) is 0 Å². The minimum absolute atomic E-state index is 0.328. The van der Waals surface area contributed by atoms with E-state index in [-0.39, 0.29) is 0 Å². The highest BCUT2D eigenvalue weighted by Gasteiger charge is 2.40. The summed E-state index contributed by atoms with van der Waals surface area (Å²) in [6, 6.07) is 11.2. The highest BCUT2D eigenvalue weighted by atomic mass is 32.1. The number of nitrogens with one attached hydrogen (secondary N) is 1. The van der Waals surface area contributed by atoms with Gasteiger partial charge in [0.25, 0.3) is 11.8 Å². The Morgan fingerprint density at radius 3 is 2.45 bits per heavy atom. The number of carbonyl (C=O) groups is 3. The number of aromatic nitrogens is 1. The molecular weight excluding hydrogens is 416 g/mol. The van der Waals surface area contributed by atoms with Gasteiger partial charge in [-0.05, 0) is 37.3 Å². The predicted octanol–water partition coefficient (Wildman–Crippen LogP) is 2.76. The molecule has 0 aliphatic carbocycles. The summed E-state index contributed by atoms with van der Waals surface area (Å²) < 4.78 is 6.35. The number of rotatable bonds is 4. The molecule has 1 aromatic heterocycles. The van der Waals surface area contributed by atoms with Crippen LogP contribution >= 0.6 is 11.3 Å². The zero-order chi connectivity index (χ0) is 21.5. The molecule has 0 radical (unpaired) electrons. The lowest BCUT2D eigenvalue weighted by Gasteiger charge is -2.25. The van der Waals surface area contributed by atoms with Gasteiger partial charge in [-0.2, -0.15) is 0 Å². The fourth-order valence-corrected chi connectivity index (χ4v) is 4.86. The topological polar surface area (TPSA) is 91.8 Å². The molecule has 1 N–H and O–H groups in total. The molecule has 2 aliphatic rings. The van der Waals surface area contributed by atoms with Crippen LogP contribution in [-0.2, 0) is 9.53 Å². The summed E-state index contributed by atoms with van der Waals surface area (Å²) in [4.78, 5) is 46.0. The number of carbonyl (C=O) groups excluding carboxylic acids is 3. The Balaban J connectivity index is 1.33. The molecule has 0 bridgehead atoms. The third-order valence-corrected chi connectivity index (χ3v) is 6.60. The molecule has 2 aromatic carbocycles. The molecule has 3 amide bonds. The van der Waals surface area contributed by atoms with E-state index in [4.69, 9.17) is 4.74 Å². The van der Waals surface area contributed by atoms with Crippen LogP contribution in [0.5, 0.6) is 0 Å². The maximum Gasteiger partial charge on any atom is 0.262 e. The first-order chi connectivity index (χ1) is 15.0. The molecule has 1 atom stereocenters. The van der Waals surface area contributed by atoms with Gasteiger partial charge in [0.05, 0.1) is 34.6 Å². The molecule has 3 heterocycles. The van der Waals surface area contributed by atoms with E-state index in [1.165, 1.54) is 0 Å². The molecule has 0 saturated carbocycles. The van der Waals surface area contributed by atoms with Crippen molar-refractivity contribution < 1.29 is 19.1 Å². The lowest BCUT2D eigenvalue weighted by atomic mass is 10.1. The van der Waals surface area contributed by atoms with Crippen LogP contribution in [0.4, 0.5) is 10.8 Å². The van der Waals surface area contributed by atoms with E-state index in [2.05, 4.69) is 15.2 Å². The van der Waals surface area contributed by atoms with Gasteiger partial charge in [0.15, 0.2) is 5.13 Å².